The minimum absolute atomic E-state index is 0.0130. The molecule has 0 aliphatic rings. The first-order chi connectivity index (χ1) is 15.1. The second-order valence-electron chi connectivity index (χ2n) is 6.91. The molecule has 178 valence electrons. The van der Waals surface area contributed by atoms with Gasteiger partial charge in [0.05, 0.1) is 18.9 Å². The Bertz CT molecular complexity index is 789. The number of nitrogens with two attached hydrogens (primary N) is 2. The molecule has 3 atom stereocenters. The van der Waals surface area contributed by atoms with Crippen LogP contribution in [0.5, 0.6) is 0 Å². The Balaban J connectivity index is 2.75. The molecule has 0 saturated carbocycles. The van der Waals surface area contributed by atoms with E-state index in [1.807, 2.05) is 6.26 Å². The van der Waals surface area contributed by atoms with Crippen molar-refractivity contribution < 1.29 is 29.1 Å². The van der Waals surface area contributed by atoms with Crippen molar-refractivity contribution in [2.24, 2.45) is 11.5 Å². The van der Waals surface area contributed by atoms with Crippen LogP contribution in [0.1, 0.15) is 25.0 Å². The number of imidazole rings is 1. The zero-order valence-electron chi connectivity index (χ0n) is 17.6. The van der Waals surface area contributed by atoms with Crippen molar-refractivity contribution in [3.8, 4) is 0 Å². The first kappa shape index (κ1) is 26.9. The molecule has 14 heteroatoms. The summed E-state index contributed by atoms with van der Waals surface area (Å²) in [6.45, 7) is -0.414. The Kier molecular flexibility index (Phi) is 11.8. The number of hydrogen-bond acceptors (Lipinski definition) is 8. The van der Waals surface area contributed by atoms with Crippen molar-refractivity contribution in [2.45, 2.75) is 43.8 Å². The van der Waals surface area contributed by atoms with E-state index in [4.69, 9.17) is 11.5 Å². The van der Waals surface area contributed by atoms with Crippen molar-refractivity contribution in [3.05, 3.63) is 18.2 Å². The molecule has 0 radical (unpaired) electrons. The molecule has 0 fully saturated rings. The van der Waals surface area contributed by atoms with Gasteiger partial charge in [-0.2, -0.15) is 11.8 Å². The second-order valence-corrected chi connectivity index (χ2v) is 7.90. The predicted octanol–water partition coefficient (Wildman–Crippen LogP) is -2.53. The summed E-state index contributed by atoms with van der Waals surface area (Å²) in [6.07, 6.45) is 4.70. The number of amides is 4. The molecule has 1 heterocycles. The summed E-state index contributed by atoms with van der Waals surface area (Å²) < 4.78 is 0. The zero-order valence-corrected chi connectivity index (χ0v) is 18.4. The highest BCUT2D eigenvalue weighted by atomic mass is 32.2. The summed E-state index contributed by atoms with van der Waals surface area (Å²) >= 11 is 1.54. The molecule has 0 aliphatic heterocycles. The minimum atomic E-state index is -1.37. The normalized spacial score (nSPS) is 13.4. The number of aromatic nitrogens is 2. The molecule has 4 amide bonds. The molecule has 1 aromatic rings. The fourth-order valence-corrected chi connectivity index (χ4v) is 3.05. The van der Waals surface area contributed by atoms with E-state index < -0.39 is 54.3 Å². The number of aliphatic carboxylic acids is 1. The van der Waals surface area contributed by atoms with E-state index in [-0.39, 0.29) is 19.3 Å². The van der Waals surface area contributed by atoms with Gasteiger partial charge in [-0.1, -0.05) is 0 Å². The largest absolute Gasteiger partial charge is 0.480 e. The van der Waals surface area contributed by atoms with Crippen LogP contribution in [0, 0.1) is 0 Å². The average molecular weight is 472 g/mol. The lowest BCUT2D eigenvalue weighted by atomic mass is 10.1. The van der Waals surface area contributed by atoms with E-state index >= 15 is 0 Å². The average Bonchev–Trinajstić information content (AvgIpc) is 3.25. The zero-order chi connectivity index (χ0) is 24.1. The summed E-state index contributed by atoms with van der Waals surface area (Å²) in [4.78, 5) is 65.9. The van der Waals surface area contributed by atoms with Crippen molar-refractivity contribution >= 4 is 41.4 Å². The van der Waals surface area contributed by atoms with Gasteiger partial charge in [-0.05, 0) is 24.9 Å². The van der Waals surface area contributed by atoms with E-state index in [1.165, 1.54) is 24.3 Å². The summed E-state index contributed by atoms with van der Waals surface area (Å²) in [6, 6.07) is -3.30. The van der Waals surface area contributed by atoms with Gasteiger partial charge in [0.15, 0.2) is 0 Å². The van der Waals surface area contributed by atoms with E-state index in [2.05, 4.69) is 25.9 Å². The quantitative estimate of drug-likeness (QED) is 0.143. The SMILES string of the molecule is CSCCC(N)C(=O)NCC(=O)NC(Cc1cnc[nH]1)C(=O)NC(CCC(N)=O)C(=O)O. The van der Waals surface area contributed by atoms with E-state index in [0.717, 1.165) is 0 Å². The van der Waals surface area contributed by atoms with Crippen LogP contribution in [-0.4, -0.2) is 81.4 Å². The third-order valence-corrected chi connectivity index (χ3v) is 4.96. The second kappa shape index (κ2) is 14.0. The van der Waals surface area contributed by atoms with Crippen LogP contribution in [0.2, 0.25) is 0 Å². The van der Waals surface area contributed by atoms with Crippen LogP contribution >= 0.6 is 11.8 Å². The van der Waals surface area contributed by atoms with Crippen LogP contribution in [-0.2, 0) is 30.4 Å². The lowest BCUT2D eigenvalue weighted by molar-refractivity contribution is -0.142. The van der Waals surface area contributed by atoms with Crippen LogP contribution in [0.3, 0.4) is 0 Å². The highest BCUT2D eigenvalue weighted by molar-refractivity contribution is 7.98. The number of primary amides is 1. The van der Waals surface area contributed by atoms with Gasteiger partial charge >= 0.3 is 5.97 Å². The lowest BCUT2D eigenvalue weighted by Gasteiger charge is -2.21. The summed E-state index contributed by atoms with van der Waals surface area (Å²) in [5.41, 5.74) is 11.3. The summed E-state index contributed by atoms with van der Waals surface area (Å²) in [5, 5.41) is 16.4. The predicted molar refractivity (Wildman–Crippen MR) is 116 cm³/mol. The standard InChI is InChI=1S/C18H29N7O6S/c1-32-5-4-11(19)16(28)22-8-15(27)24-13(6-10-7-21-9-23-10)17(29)25-12(18(30)31)2-3-14(20)26/h7,9,11-13H,2-6,8,19H2,1H3,(H2,20,26)(H,21,23)(H,22,28)(H,24,27)(H,25,29)(H,30,31). The van der Waals surface area contributed by atoms with Gasteiger partial charge in [0.25, 0.3) is 0 Å². The Labute approximate surface area is 188 Å². The van der Waals surface area contributed by atoms with Gasteiger partial charge in [0.1, 0.15) is 12.1 Å². The van der Waals surface area contributed by atoms with Crippen LogP contribution in [0.15, 0.2) is 12.5 Å². The number of hydrogen-bond donors (Lipinski definition) is 7. The molecule has 3 unspecified atom stereocenters. The summed E-state index contributed by atoms with van der Waals surface area (Å²) in [5.74, 6) is -3.32. The molecule has 0 aromatic carbocycles. The molecule has 1 rings (SSSR count). The third kappa shape index (κ3) is 10.3. The Morgan fingerprint density at radius 2 is 1.88 bits per heavy atom. The monoisotopic (exact) mass is 471 g/mol. The maximum atomic E-state index is 12.7. The Hall–Kier alpha value is -3.13. The van der Waals surface area contributed by atoms with Gasteiger partial charge in [0, 0.05) is 24.7 Å². The number of H-pyrrole nitrogens is 1. The number of rotatable bonds is 15. The molecule has 0 saturated heterocycles. The van der Waals surface area contributed by atoms with Crippen LogP contribution in [0.25, 0.3) is 0 Å². The third-order valence-electron chi connectivity index (χ3n) is 4.32. The number of aromatic amines is 1. The number of thioether (sulfide) groups is 1. The van der Waals surface area contributed by atoms with E-state index in [1.54, 1.807) is 0 Å². The van der Waals surface area contributed by atoms with Gasteiger partial charge in [-0.25, -0.2) is 9.78 Å². The number of carbonyl (C=O) groups excluding carboxylic acids is 4. The molecule has 1 aromatic heterocycles. The van der Waals surface area contributed by atoms with Gasteiger partial charge in [-0.15, -0.1) is 0 Å². The van der Waals surface area contributed by atoms with Crippen molar-refractivity contribution in [1.82, 2.24) is 25.9 Å². The first-order valence-electron chi connectivity index (χ1n) is 9.74. The lowest BCUT2D eigenvalue weighted by Crippen LogP contribution is -2.54. The number of carboxylic acid groups (broad SMARTS) is 1. The molecular formula is C18H29N7O6S. The molecule has 0 bridgehead atoms. The Morgan fingerprint density at radius 1 is 1.16 bits per heavy atom. The highest BCUT2D eigenvalue weighted by Gasteiger charge is 2.27. The molecule has 0 spiro atoms. The number of carboxylic acids is 1. The van der Waals surface area contributed by atoms with Crippen LogP contribution in [0.4, 0.5) is 0 Å². The minimum Gasteiger partial charge on any atom is -0.480 e. The molecule has 9 N–H and O–H groups in total. The molecule has 13 nitrogen and oxygen atoms in total. The van der Waals surface area contributed by atoms with E-state index in [0.29, 0.717) is 17.9 Å². The molecule has 0 aliphatic carbocycles. The number of carbonyl (C=O) groups is 5. The first-order valence-corrected chi connectivity index (χ1v) is 11.1. The fraction of sp³-hybridized carbons (Fsp3) is 0.556. The Morgan fingerprint density at radius 3 is 2.44 bits per heavy atom. The van der Waals surface area contributed by atoms with Gasteiger partial charge in [0.2, 0.25) is 23.6 Å². The molecule has 32 heavy (non-hydrogen) atoms. The van der Waals surface area contributed by atoms with Gasteiger partial charge in [-0.3, -0.25) is 19.2 Å². The highest BCUT2D eigenvalue weighted by Crippen LogP contribution is 2.03. The van der Waals surface area contributed by atoms with E-state index in [9.17, 15) is 29.1 Å². The van der Waals surface area contributed by atoms with Gasteiger partial charge < -0.3 is 37.5 Å². The maximum Gasteiger partial charge on any atom is 0.326 e. The van der Waals surface area contributed by atoms with Crippen molar-refractivity contribution in [3.63, 3.8) is 0 Å². The summed E-state index contributed by atoms with van der Waals surface area (Å²) in [7, 11) is 0. The van der Waals surface area contributed by atoms with Crippen LogP contribution < -0.4 is 27.4 Å². The number of nitrogens with one attached hydrogen (secondary N) is 4. The van der Waals surface area contributed by atoms with Crippen molar-refractivity contribution in [2.75, 3.05) is 18.6 Å². The smallest absolute Gasteiger partial charge is 0.326 e. The molecular weight excluding hydrogens is 442 g/mol. The van der Waals surface area contributed by atoms with Crippen molar-refractivity contribution in [1.29, 1.82) is 0 Å². The number of nitrogens with zero attached hydrogens (tertiary/aromatic N) is 1. The topological polar surface area (TPSA) is 222 Å². The fourth-order valence-electron chi connectivity index (χ4n) is 2.56. The maximum absolute atomic E-state index is 12.7.